The second kappa shape index (κ2) is 11.1. The van der Waals surface area contributed by atoms with Crippen molar-refractivity contribution in [1.82, 2.24) is 19.6 Å². The summed E-state index contributed by atoms with van der Waals surface area (Å²) in [7, 11) is 0. The van der Waals surface area contributed by atoms with Crippen LogP contribution in [0.2, 0.25) is 0 Å². The lowest BCUT2D eigenvalue weighted by Gasteiger charge is -2.39. The van der Waals surface area contributed by atoms with E-state index < -0.39 is 0 Å². The molecule has 2 amide bonds. The van der Waals surface area contributed by atoms with E-state index >= 15 is 0 Å². The molecular weight excluding hydrogens is 408 g/mol. The zero-order valence-corrected chi connectivity index (χ0v) is 18.5. The minimum absolute atomic E-state index is 0.0330. The molecule has 0 unspecified atom stereocenters. The quantitative estimate of drug-likeness (QED) is 0.629. The molecule has 0 N–H and O–H groups in total. The highest BCUT2D eigenvalue weighted by Crippen LogP contribution is 2.27. The third-order valence-electron chi connectivity index (χ3n) is 6.19. The Balaban J connectivity index is 1.36. The number of hydrogen-bond acceptors (Lipinski definition) is 5. The molecule has 2 saturated heterocycles. The van der Waals surface area contributed by atoms with Crippen LogP contribution in [0.15, 0.2) is 48.8 Å². The number of piperidine rings is 1. The topological polar surface area (TPSA) is 76.9 Å². The number of benzene rings is 1. The van der Waals surface area contributed by atoms with E-state index in [1.807, 2.05) is 57.1 Å². The van der Waals surface area contributed by atoms with E-state index in [-0.39, 0.29) is 23.8 Å². The molecule has 4 rings (SSSR count). The van der Waals surface area contributed by atoms with Crippen LogP contribution < -0.4 is 4.74 Å². The first-order valence-corrected chi connectivity index (χ1v) is 11.5. The second-order valence-corrected chi connectivity index (χ2v) is 8.43. The fourth-order valence-electron chi connectivity index (χ4n) is 4.41. The van der Waals surface area contributed by atoms with E-state index in [2.05, 4.69) is 5.10 Å². The highest BCUT2D eigenvalue weighted by atomic mass is 16.5. The van der Waals surface area contributed by atoms with Crippen molar-refractivity contribution in [2.45, 2.75) is 38.3 Å². The summed E-state index contributed by atoms with van der Waals surface area (Å²) < 4.78 is 13.5. The number of morpholine rings is 1. The number of aromatic nitrogens is 2. The van der Waals surface area contributed by atoms with Crippen LogP contribution in [0.25, 0.3) is 0 Å². The third kappa shape index (κ3) is 6.09. The number of carbonyl (C=O) groups excluding carboxylic acids is 2. The van der Waals surface area contributed by atoms with Gasteiger partial charge in [-0.25, -0.2) is 0 Å². The molecule has 0 saturated carbocycles. The van der Waals surface area contributed by atoms with Crippen molar-refractivity contribution in [3.8, 4) is 5.75 Å². The summed E-state index contributed by atoms with van der Waals surface area (Å²) in [5.74, 6) is 1.03. The van der Waals surface area contributed by atoms with E-state index in [4.69, 9.17) is 9.47 Å². The van der Waals surface area contributed by atoms with Crippen LogP contribution in [0, 0.1) is 5.92 Å². The van der Waals surface area contributed by atoms with Crippen molar-refractivity contribution in [2.75, 3.05) is 39.4 Å². The normalized spacial score (nSPS) is 21.4. The maximum absolute atomic E-state index is 12.9. The molecule has 172 valence electrons. The highest BCUT2D eigenvalue weighted by molar-refractivity contribution is 5.78. The van der Waals surface area contributed by atoms with Gasteiger partial charge in [0.2, 0.25) is 11.8 Å². The van der Waals surface area contributed by atoms with Gasteiger partial charge in [0.15, 0.2) is 0 Å². The monoisotopic (exact) mass is 440 g/mol. The van der Waals surface area contributed by atoms with Gasteiger partial charge in [0.05, 0.1) is 13.2 Å². The van der Waals surface area contributed by atoms with Crippen molar-refractivity contribution in [1.29, 1.82) is 0 Å². The Hall–Kier alpha value is -2.87. The van der Waals surface area contributed by atoms with E-state index in [1.54, 1.807) is 6.20 Å². The SMILES string of the molecule is O=C(C[C@H]1CN(C(=O)CCCn2cccn2)CC[C@@H]1Oc1ccccc1)N1CCOCC1. The number of aryl methyl sites for hydroxylation is 1. The number of amides is 2. The van der Waals surface area contributed by atoms with Crippen LogP contribution in [0.4, 0.5) is 0 Å². The molecule has 0 radical (unpaired) electrons. The number of hydrogen-bond donors (Lipinski definition) is 0. The van der Waals surface area contributed by atoms with Gasteiger partial charge in [0.25, 0.3) is 0 Å². The molecule has 8 heteroatoms. The first-order chi connectivity index (χ1) is 15.7. The Morgan fingerprint density at radius 1 is 1.03 bits per heavy atom. The van der Waals surface area contributed by atoms with Crippen LogP contribution >= 0.6 is 0 Å². The molecular formula is C24H32N4O4. The molecule has 1 aromatic carbocycles. The summed E-state index contributed by atoms with van der Waals surface area (Å²) in [4.78, 5) is 29.6. The zero-order valence-electron chi connectivity index (χ0n) is 18.5. The number of likely N-dealkylation sites (tertiary alicyclic amines) is 1. The van der Waals surface area contributed by atoms with Gasteiger partial charge in [-0.3, -0.25) is 14.3 Å². The van der Waals surface area contributed by atoms with Crippen LogP contribution in [-0.4, -0.2) is 76.9 Å². The minimum atomic E-state index is -0.0875. The molecule has 1 aromatic heterocycles. The average molecular weight is 441 g/mol. The molecule has 0 aliphatic carbocycles. The van der Waals surface area contributed by atoms with Crippen molar-refractivity contribution < 1.29 is 19.1 Å². The van der Waals surface area contributed by atoms with E-state index in [0.717, 1.165) is 25.1 Å². The van der Waals surface area contributed by atoms with Gasteiger partial charge >= 0.3 is 0 Å². The molecule has 8 nitrogen and oxygen atoms in total. The van der Waals surface area contributed by atoms with Crippen molar-refractivity contribution in [3.63, 3.8) is 0 Å². The van der Waals surface area contributed by atoms with Crippen molar-refractivity contribution >= 4 is 11.8 Å². The Kier molecular flexibility index (Phi) is 7.77. The summed E-state index contributed by atoms with van der Waals surface area (Å²) in [6.07, 6.45) is 5.90. The number of nitrogens with zero attached hydrogens (tertiary/aromatic N) is 4. The van der Waals surface area contributed by atoms with Gasteiger partial charge in [-0.15, -0.1) is 0 Å². The molecule has 2 aliphatic heterocycles. The molecule has 0 spiro atoms. The summed E-state index contributed by atoms with van der Waals surface area (Å²) in [5, 5.41) is 4.19. The second-order valence-electron chi connectivity index (χ2n) is 8.43. The van der Waals surface area contributed by atoms with Crippen LogP contribution in [0.1, 0.15) is 25.7 Å². The molecule has 3 heterocycles. The Morgan fingerprint density at radius 3 is 2.59 bits per heavy atom. The van der Waals surface area contributed by atoms with Crippen molar-refractivity contribution in [3.05, 3.63) is 48.8 Å². The maximum Gasteiger partial charge on any atom is 0.223 e. The first kappa shape index (κ1) is 22.3. The molecule has 2 aliphatic rings. The Labute approximate surface area is 189 Å². The maximum atomic E-state index is 12.9. The molecule has 2 aromatic rings. The van der Waals surface area contributed by atoms with Gasteiger partial charge < -0.3 is 19.3 Å². The average Bonchev–Trinajstić information content (AvgIpc) is 3.35. The molecule has 2 atom stereocenters. The van der Waals surface area contributed by atoms with Gasteiger partial charge in [0, 0.05) is 70.3 Å². The van der Waals surface area contributed by atoms with Crippen molar-refractivity contribution in [2.24, 2.45) is 5.92 Å². The summed E-state index contributed by atoms with van der Waals surface area (Å²) in [6, 6.07) is 11.6. The van der Waals surface area contributed by atoms with Gasteiger partial charge in [0.1, 0.15) is 11.9 Å². The Bertz CT molecular complexity index is 852. The zero-order chi connectivity index (χ0) is 22.2. The van der Waals surface area contributed by atoms with Gasteiger partial charge in [-0.1, -0.05) is 18.2 Å². The molecule has 32 heavy (non-hydrogen) atoms. The fraction of sp³-hybridized carbons (Fsp3) is 0.542. The van der Waals surface area contributed by atoms with Crippen LogP contribution in [0.5, 0.6) is 5.75 Å². The third-order valence-corrected chi connectivity index (χ3v) is 6.19. The predicted molar refractivity (Wildman–Crippen MR) is 119 cm³/mol. The number of rotatable bonds is 8. The van der Waals surface area contributed by atoms with Gasteiger partial charge in [-0.2, -0.15) is 5.10 Å². The minimum Gasteiger partial charge on any atom is -0.490 e. The van der Waals surface area contributed by atoms with Crippen LogP contribution in [0.3, 0.4) is 0 Å². The predicted octanol–water partition coefficient (Wildman–Crippen LogP) is 2.21. The summed E-state index contributed by atoms with van der Waals surface area (Å²) >= 11 is 0. The molecule has 0 bridgehead atoms. The van der Waals surface area contributed by atoms with E-state index in [0.29, 0.717) is 52.2 Å². The summed E-state index contributed by atoms with van der Waals surface area (Å²) in [6.45, 7) is 4.36. The first-order valence-electron chi connectivity index (χ1n) is 11.5. The number of carbonyl (C=O) groups is 2. The Morgan fingerprint density at radius 2 is 1.84 bits per heavy atom. The lowest BCUT2D eigenvalue weighted by atomic mass is 9.90. The summed E-state index contributed by atoms with van der Waals surface area (Å²) in [5.41, 5.74) is 0. The van der Waals surface area contributed by atoms with Gasteiger partial charge in [-0.05, 0) is 24.6 Å². The highest BCUT2D eigenvalue weighted by Gasteiger charge is 2.35. The number of ether oxygens (including phenoxy) is 2. The van der Waals surface area contributed by atoms with E-state index in [9.17, 15) is 9.59 Å². The largest absolute Gasteiger partial charge is 0.490 e. The van der Waals surface area contributed by atoms with Crippen LogP contribution in [-0.2, 0) is 20.9 Å². The smallest absolute Gasteiger partial charge is 0.223 e. The number of para-hydroxylation sites is 1. The molecule has 2 fully saturated rings. The lowest BCUT2D eigenvalue weighted by Crippen LogP contribution is -2.50. The standard InChI is InChI=1S/C24H32N4O4/c29-23(8-4-11-28-12-5-10-25-28)27-13-9-22(32-21-6-2-1-3-7-21)20(19-27)18-24(30)26-14-16-31-17-15-26/h1-3,5-7,10,12,20,22H,4,8-9,11,13-19H2/t20-,22-/m0/s1. The lowest BCUT2D eigenvalue weighted by molar-refractivity contribution is -0.141. The van der Waals surface area contributed by atoms with E-state index in [1.165, 1.54) is 0 Å². The fourth-order valence-corrected chi connectivity index (χ4v) is 4.41.